The van der Waals surface area contributed by atoms with Gasteiger partial charge in [0.15, 0.2) is 0 Å². The highest BCUT2D eigenvalue weighted by atomic mass is 31.2. The largest absolute Gasteiger partial charge is 0.756 e. The van der Waals surface area contributed by atoms with Crippen LogP contribution in [0.3, 0.4) is 0 Å². The summed E-state index contributed by atoms with van der Waals surface area (Å²) < 4.78 is 27.2. The van der Waals surface area contributed by atoms with Crippen LogP contribution in [0.15, 0.2) is 12.2 Å². The van der Waals surface area contributed by atoms with E-state index >= 15 is 0 Å². The molecule has 0 aliphatic rings. The number of quaternary nitrogens is 1. The summed E-state index contributed by atoms with van der Waals surface area (Å²) in [6.07, 6.45) is 21.5. The third-order valence-electron chi connectivity index (χ3n) is 5.55. The third-order valence-corrected chi connectivity index (χ3v) is 6.51. The normalized spacial score (nSPS) is 15.1. The van der Waals surface area contributed by atoms with Crippen molar-refractivity contribution in [2.45, 2.75) is 103 Å². The van der Waals surface area contributed by atoms with Gasteiger partial charge < -0.3 is 28.3 Å². The molecule has 0 aromatic carbocycles. The van der Waals surface area contributed by atoms with E-state index in [0.29, 0.717) is 17.6 Å². The first-order valence-electron chi connectivity index (χ1n) is 13.5. The Hall–Kier alpha value is -0.270. The lowest BCUT2D eigenvalue weighted by atomic mass is 10.1. The average Bonchev–Trinajstić information content (AvgIpc) is 2.76. The Labute approximate surface area is 210 Å². The maximum atomic E-state index is 11.7. The molecular weight excluding hydrogens is 453 g/mol. The molecule has 0 heterocycles. The number of aliphatic hydroxyl groups is 1. The summed E-state index contributed by atoms with van der Waals surface area (Å²) in [5.41, 5.74) is 0. The van der Waals surface area contributed by atoms with Crippen molar-refractivity contribution >= 4 is 7.82 Å². The van der Waals surface area contributed by atoms with E-state index in [1.807, 2.05) is 21.1 Å². The predicted octanol–water partition coefficient (Wildman–Crippen LogP) is 5.61. The minimum absolute atomic E-state index is 0.0430. The molecule has 0 aliphatic carbocycles. The number of nitrogens with zero attached hydrogens (tertiary/aromatic N) is 1. The fraction of sp³-hybridized carbons (Fsp3) is 0.923. The molecule has 0 saturated heterocycles. The van der Waals surface area contributed by atoms with E-state index in [9.17, 15) is 14.6 Å². The van der Waals surface area contributed by atoms with Crippen molar-refractivity contribution in [3.05, 3.63) is 12.2 Å². The number of phosphoric acid groups is 1. The molecule has 7 nitrogen and oxygen atoms in total. The van der Waals surface area contributed by atoms with E-state index in [-0.39, 0.29) is 19.8 Å². The molecule has 0 amide bonds. The summed E-state index contributed by atoms with van der Waals surface area (Å²) >= 11 is 0. The van der Waals surface area contributed by atoms with Crippen molar-refractivity contribution in [2.24, 2.45) is 0 Å². The van der Waals surface area contributed by atoms with Crippen molar-refractivity contribution in [3.63, 3.8) is 0 Å². The Morgan fingerprint density at radius 1 is 0.794 bits per heavy atom. The van der Waals surface area contributed by atoms with E-state index < -0.39 is 13.9 Å². The number of ether oxygens (including phenoxy) is 1. The molecule has 1 unspecified atom stereocenters. The van der Waals surface area contributed by atoms with Crippen LogP contribution in [0.2, 0.25) is 0 Å². The molecule has 0 spiro atoms. The van der Waals surface area contributed by atoms with Gasteiger partial charge in [-0.3, -0.25) is 4.57 Å². The first-order valence-corrected chi connectivity index (χ1v) is 14.9. The Bertz CT molecular complexity index is 524. The molecule has 8 heteroatoms. The molecule has 0 aromatic rings. The number of hydrogen-bond donors (Lipinski definition) is 1. The number of likely N-dealkylation sites (N-methyl/N-ethyl adjacent to an activating group) is 1. The zero-order chi connectivity index (χ0) is 25.5. The zero-order valence-corrected chi connectivity index (χ0v) is 23.4. The highest BCUT2D eigenvalue weighted by Crippen LogP contribution is 2.38. The molecule has 0 bridgehead atoms. The monoisotopic (exact) mass is 507 g/mol. The van der Waals surface area contributed by atoms with Crippen LogP contribution in [0.25, 0.3) is 0 Å². The van der Waals surface area contributed by atoms with Gasteiger partial charge in [0, 0.05) is 6.61 Å². The van der Waals surface area contributed by atoms with Crippen LogP contribution < -0.4 is 4.89 Å². The molecule has 0 radical (unpaired) electrons. The molecule has 34 heavy (non-hydrogen) atoms. The van der Waals surface area contributed by atoms with Gasteiger partial charge in [-0.25, -0.2) is 0 Å². The van der Waals surface area contributed by atoms with E-state index in [1.54, 1.807) is 0 Å². The van der Waals surface area contributed by atoms with Gasteiger partial charge in [0.2, 0.25) is 0 Å². The number of rotatable bonds is 25. The molecule has 0 aromatic heterocycles. The zero-order valence-electron chi connectivity index (χ0n) is 22.5. The summed E-state index contributed by atoms with van der Waals surface area (Å²) in [4.78, 5) is 11.7. The quantitative estimate of drug-likeness (QED) is 0.0748. The van der Waals surface area contributed by atoms with Crippen LogP contribution in [-0.4, -0.2) is 69.8 Å². The first kappa shape index (κ1) is 33.7. The SMILES string of the molecule is CCCCCCCCCCCCC/C=C/CCCOC[C@@H](O)COP(=O)([O-])OCC[N+](C)(C)C. The molecule has 0 rings (SSSR count). The molecule has 0 aliphatic heterocycles. The third kappa shape index (κ3) is 26.3. The van der Waals surface area contributed by atoms with E-state index in [2.05, 4.69) is 19.1 Å². The second-order valence-electron chi connectivity index (χ2n) is 10.3. The van der Waals surface area contributed by atoms with Crippen molar-refractivity contribution < 1.29 is 32.8 Å². The van der Waals surface area contributed by atoms with Crippen LogP contribution in [-0.2, 0) is 18.3 Å². The topological polar surface area (TPSA) is 88.0 Å². The van der Waals surface area contributed by atoms with Crippen molar-refractivity contribution in [1.29, 1.82) is 0 Å². The standard InChI is InChI=1S/C26H54NO6P/c1-5-6-7-8-9-10-11-12-13-14-15-16-17-18-19-20-22-31-24-26(28)25-33-34(29,30)32-23-21-27(2,3)4/h17-18,26,28H,5-16,19-25H2,1-4H3/b18-17+/t26-/m1/s1. The van der Waals surface area contributed by atoms with Crippen LogP contribution in [0, 0.1) is 0 Å². The van der Waals surface area contributed by atoms with Gasteiger partial charge in [0.1, 0.15) is 19.3 Å². The molecule has 204 valence electrons. The average molecular weight is 508 g/mol. The summed E-state index contributed by atoms with van der Waals surface area (Å²) in [7, 11) is 1.43. The number of allylic oxidation sites excluding steroid dienone is 2. The van der Waals surface area contributed by atoms with Gasteiger partial charge in [-0.1, -0.05) is 83.3 Å². The number of phosphoric ester groups is 1. The smallest absolute Gasteiger partial charge is 0.268 e. The lowest BCUT2D eigenvalue weighted by Gasteiger charge is -2.27. The number of unbranched alkanes of at least 4 members (excludes halogenated alkanes) is 12. The minimum Gasteiger partial charge on any atom is -0.756 e. The summed E-state index contributed by atoms with van der Waals surface area (Å²) in [6.45, 7) is 3.06. The van der Waals surface area contributed by atoms with Crippen LogP contribution in [0.1, 0.15) is 96.8 Å². The fourth-order valence-corrected chi connectivity index (χ4v) is 4.11. The van der Waals surface area contributed by atoms with Crippen LogP contribution in [0.4, 0.5) is 0 Å². The van der Waals surface area contributed by atoms with Crippen molar-refractivity contribution in [2.75, 3.05) is 54.1 Å². The second-order valence-corrected chi connectivity index (χ2v) is 11.7. The van der Waals surface area contributed by atoms with Gasteiger partial charge >= 0.3 is 0 Å². The highest BCUT2D eigenvalue weighted by molar-refractivity contribution is 7.45. The van der Waals surface area contributed by atoms with Crippen LogP contribution in [0.5, 0.6) is 0 Å². The maximum absolute atomic E-state index is 11.7. The lowest BCUT2D eigenvalue weighted by molar-refractivity contribution is -0.870. The first-order chi connectivity index (χ1) is 16.2. The Morgan fingerprint density at radius 2 is 1.32 bits per heavy atom. The van der Waals surface area contributed by atoms with E-state index in [0.717, 1.165) is 19.3 Å². The van der Waals surface area contributed by atoms with E-state index in [1.165, 1.54) is 70.6 Å². The summed E-state index contributed by atoms with van der Waals surface area (Å²) in [5, 5.41) is 9.82. The molecule has 2 atom stereocenters. The molecule has 0 fully saturated rings. The summed E-state index contributed by atoms with van der Waals surface area (Å²) in [6, 6.07) is 0. The minimum atomic E-state index is -4.40. The Balaban J connectivity index is 3.45. The molecular formula is C26H54NO6P. The van der Waals surface area contributed by atoms with Gasteiger partial charge in [0.05, 0.1) is 34.4 Å². The van der Waals surface area contributed by atoms with E-state index in [4.69, 9.17) is 13.8 Å². The number of hydrogen-bond acceptors (Lipinski definition) is 6. The Kier molecular flexibility index (Phi) is 21.8. The fourth-order valence-electron chi connectivity index (χ4n) is 3.37. The molecule has 1 N–H and O–H groups in total. The van der Waals surface area contributed by atoms with Gasteiger partial charge in [0.25, 0.3) is 7.82 Å². The number of aliphatic hydroxyl groups excluding tert-OH is 1. The summed E-state index contributed by atoms with van der Waals surface area (Å²) in [5.74, 6) is 0. The van der Waals surface area contributed by atoms with Crippen molar-refractivity contribution in [3.8, 4) is 0 Å². The molecule has 0 saturated carbocycles. The maximum Gasteiger partial charge on any atom is 0.268 e. The van der Waals surface area contributed by atoms with Crippen LogP contribution >= 0.6 is 7.82 Å². The van der Waals surface area contributed by atoms with Gasteiger partial charge in [-0.05, 0) is 25.7 Å². The predicted molar refractivity (Wildman–Crippen MR) is 139 cm³/mol. The highest BCUT2D eigenvalue weighted by Gasteiger charge is 2.15. The lowest BCUT2D eigenvalue weighted by Crippen LogP contribution is -2.37. The van der Waals surface area contributed by atoms with Crippen molar-refractivity contribution in [1.82, 2.24) is 0 Å². The van der Waals surface area contributed by atoms with Gasteiger partial charge in [-0.2, -0.15) is 0 Å². The van der Waals surface area contributed by atoms with Gasteiger partial charge in [-0.15, -0.1) is 0 Å². The Morgan fingerprint density at radius 3 is 1.88 bits per heavy atom. The second kappa shape index (κ2) is 22.0.